The lowest BCUT2D eigenvalue weighted by Crippen LogP contribution is -2.24. The van der Waals surface area contributed by atoms with Crippen LogP contribution in [0.25, 0.3) is 10.8 Å². The number of carbonyl (C=O) groups is 1. The van der Waals surface area contributed by atoms with Gasteiger partial charge in [0.05, 0.1) is 6.10 Å². The first-order valence-electron chi connectivity index (χ1n) is 8.15. The van der Waals surface area contributed by atoms with Crippen molar-refractivity contribution in [3.63, 3.8) is 0 Å². The van der Waals surface area contributed by atoms with Gasteiger partial charge in [-0.05, 0) is 43.1 Å². The highest BCUT2D eigenvalue weighted by atomic mass is 19.4. The van der Waals surface area contributed by atoms with Gasteiger partial charge in [0.15, 0.2) is 6.29 Å². The molecule has 0 radical (unpaired) electrons. The first-order valence-corrected chi connectivity index (χ1v) is 8.15. The molecule has 5 heteroatoms. The topological polar surface area (TPSA) is 26.3 Å². The molecule has 0 spiro atoms. The Morgan fingerprint density at radius 3 is 2.42 bits per heavy atom. The van der Waals surface area contributed by atoms with E-state index in [1.54, 1.807) is 18.2 Å². The van der Waals surface area contributed by atoms with Gasteiger partial charge in [0, 0.05) is 10.9 Å². The number of aldehydes is 1. The SMILES string of the molecule is C[C@H]1CC[C@@H](Oc2ccc3cccc(C=O)c3c2C(F)(F)F)CC1. The number of benzene rings is 2. The highest BCUT2D eigenvalue weighted by molar-refractivity contribution is 6.01. The van der Waals surface area contributed by atoms with E-state index in [9.17, 15) is 18.0 Å². The zero-order chi connectivity index (χ0) is 17.3. The minimum absolute atomic E-state index is 0.0301. The Morgan fingerprint density at radius 2 is 1.79 bits per heavy atom. The second-order valence-corrected chi connectivity index (χ2v) is 6.50. The van der Waals surface area contributed by atoms with Gasteiger partial charge in [0.25, 0.3) is 0 Å². The van der Waals surface area contributed by atoms with E-state index in [2.05, 4.69) is 6.92 Å². The summed E-state index contributed by atoms with van der Waals surface area (Å²) in [6.45, 7) is 2.14. The van der Waals surface area contributed by atoms with E-state index in [1.165, 1.54) is 12.1 Å². The number of alkyl halides is 3. The molecule has 3 rings (SSSR count). The molecular formula is C19H19F3O2. The lowest BCUT2D eigenvalue weighted by Gasteiger charge is -2.28. The Labute approximate surface area is 138 Å². The van der Waals surface area contributed by atoms with Gasteiger partial charge in [0.1, 0.15) is 11.3 Å². The van der Waals surface area contributed by atoms with Gasteiger partial charge in [-0.3, -0.25) is 4.79 Å². The van der Waals surface area contributed by atoms with Crippen molar-refractivity contribution in [1.29, 1.82) is 0 Å². The summed E-state index contributed by atoms with van der Waals surface area (Å²) in [6, 6.07) is 7.51. The molecule has 1 fully saturated rings. The van der Waals surface area contributed by atoms with Crippen molar-refractivity contribution in [2.45, 2.75) is 44.9 Å². The smallest absolute Gasteiger partial charge is 0.420 e. The summed E-state index contributed by atoms with van der Waals surface area (Å²) >= 11 is 0. The molecule has 24 heavy (non-hydrogen) atoms. The fourth-order valence-electron chi connectivity index (χ4n) is 3.39. The van der Waals surface area contributed by atoms with Crippen molar-refractivity contribution in [3.8, 4) is 5.75 Å². The highest BCUT2D eigenvalue weighted by Crippen LogP contribution is 2.43. The molecule has 1 aliphatic carbocycles. The van der Waals surface area contributed by atoms with Gasteiger partial charge < -0.3 is 4.74 Å². The Morgan fingerprint density at radius 1 is 1.08 bits per heavy atom. The third-order valence-corrected chi connectivity index (χ3v) is 4.71. The maximum absolute atomic E-state index is 13.7. The first kappa shape index (κ1) is 16.8. The molecule has 0 heterocycles. The minimum atomic E-state index is -4.59. The molecule has 0 N–H and O–H groups in total. The number of fused-ring (bicyclic) bond motifs is 1. The molecule has 1 saturated carbocycles. The predicted molar refractivity (Wildman–Crippen MR) is 86.4 cm³/mol. The average molecular weight is 336 g/mol. The molecule has 128 valence electrons. The van der Waals surface area contributed by atoms with Crippen LogP contribution in [-0.4, -0.2) is 12.4 Å². The first-order chi connectivity index (χ1) is 11.4. The average Bonchev–Trinajstić information content (AvgIpc) is 2.55. The van der Waals surface area contributed by atoms with Crippen molar-refractivity contribution in [3.05, 3.63) is 41.5 Å². The van der Waals surface area contributed by atoms with E-state index < -0.39 is 11.7 Å². The molecule has 2 aromatic rings. The Hall–Kier alpha value is -2.04. The molecule has 1 aliphatic rings. The van der Waals surface area contributed by atoms with Crippen molar-refractivity contribution in [2.24, 2.45) is 5.92 Å². The van der Waals surface area contributed by atoms with Crippen LogP contribution >= 0.6 is 0 Å². The highest BCUT2D eigenvalue weighted by Gasteiger charge is 2.38. The molecule has 0 saturated heterocycles. The summed E-state index contributed by atoms with van der Waals surface area (Å²) in [5.41, 5.74) is -0.816. The van der Waals surface area contributed by atoms with Crippen LogP contribution < -0.4 is 4.74 Å². The van der Waals surface area contributed by atoms with Gasteiger partial charge in [-0.15, -0.1) is 0 Å². The number of rotatable bonds is 3. The van der Waals surface area contributed by atoms with Crippen molar-refractivity contribution >= 4 is 17.1 Å². The summed E-state index contributed by atoms with van der Waals surface area (Å²) in [5.74, 6) is 0.411. The molecule has 0 aliphatic heterocycles. The van der Waals surface area contributed by atoms with Crippen molar-refractivity contribution in [1.82, 2.24) is 0 Å². The van der Waals surface area contributed by atoms with Gasteiger partial charge in [0.2, 0.25) is 0 Å². The second kappa shape index (κ2) is 6.46. The molecule has 0 amide bonds. The van der Waals surface area contributed by atoms with Crippen LogP contribution in [0.3, 0.4) is 0 Å². The molecule has 0 atom stereocenters. The zero-order valence-electron chi connectivity index (χ0n) is 13.4. The zero-order valence-corrected chi connectivity index (χ0v) is 13.4. The number of hydrogen-bond donors (Lipinski definition) is 0. The van der Waals surface area contributed by atoms with Crippen LogP contribution in [-0.2, 0) is 6.18 Å². The summed E-state index contributed by atoms with van der Waals surface area (Å²) in [6.07, 6.45) is -0.904. The molecule has 2 nitrogen and oxygen atoms in total. The van der Waals surface area contributed by atoms with E-state index in [-0.39, 0.29) is 22.8 Å². The number of ether oxygens (including phenoxy) is 1. The van der Waals surface area contributed by atoms with E-state index in [1.807, 2.05) is 0 Å². The number of hydrogen-bond acceptors (Lipinski definition) is 2. The normalized spacial score (nSPS) is 21.7. The van der Waals surface area contributed by atoms with Crippen LogP contribution in [0.1, 0.15) is 48.5 Å². The Kier molecular flexibility index (Phi) is 4.52. The van der Waals surface area contributed by atoms with E-state index in [0.717, 1.165) is 25.7 Å². The number of halogens is 3. The largest absolute Gasteiger partial charge is 0.490 e. The number of carbonyl (C=O) groups excluding carboxylic acids is 1. The maximum atomic E-state index is 13.7. The summed E-state index contributed by atoms with van der Waals surface area (Å²) in [5, 5.41) is 0.304. The molecule has 0 aromatic heterocycles. The summed E-state index contributed by atoms with van der Waals surface area (Å²) in [7, 11) is 0. The van der Waals surface area contributed by atoms with Crippen LogP contribution in [0.5, 0.6) is 5.75 Å². The Bertz CT molecular complexity index is 744. The molecule has 0 unspecified atom stereocenters. The van der Waals surface area contributed by atoms with Crippen molar-refractivity contribution in [2.75, 3.05) is 0 Å². The van der Waals surface area contributed by atoms with Gasteiger partial charge >= 0.3 is 6.18 Å². The monoisotopic (exact) mass is 336 g/mol. The predicted octanol–water partition coefficient (Wildman–Crippen LogP) is 5.63. The van der Waals surface area contributed by atoms with Gasteiger partial charge in [-0.2, -0.15) is 13.2 Å². The third-order valence-electron chi connectivity index (χ3n) is 4.71. The molecular weight excluding hydrogens is 317 g/mol. The minimum Gasteiger partial charge on any atom is -0.490 e. The fourth-order valence-corrected chi connectivity index (χ4v) is 3.39. The van der Waals surface area contributed by atoms with Gasteiger partial charge in [-0.25, -0.2) is 0 Å². The van der Waals surface area contributed by atoms with E-state index in [0.29, 0.717) is 17.6 Å². The molecule has 2 aromatic carbocycles. The summed E-state index contributed by atoms with van der Waals surface area (Å²) < 4.78 is 46.9. The van der Waals surface area contributed by atoms with Crippen LogP contribution in [0.2, 0.25) is 0 Å². The third kappa shape index (κ3) is 3.25. The second-order valence-electron chi connectivity index (χ2n) is 6.50. The lowest BCUT2D eigenvalue weighted by molar-refractivity contribution is -0.138. The van der Waals surface area contributed by atoms with Crippen LogP contribution in [0.15, 0.2) is 30.3 Å². The van der Waals surface area contributed by atoms with E-state index >= 15 is 0 Å². The summed E-state index contributed by atoms with van der Waals surface area (Å²) in [4.78, 5) is 11.2. The Balaban J connectivity index is 2.09. The molecule has 0 bridgehead atoms. The van der Waals surface area contributed by atoms with E-state index in [4.69, 9.17) is 4.74 Å². The fraction of sp³-hybridized carbons (Fsp3) is 0.421. The quantitative estimate of drug-likeness (QED) is 0.679. The van der Waals surface area contributed by atoms with Crippen LogP contribution in [0.4, 0.5) is 13.2 Å². The maximum Gasteiger partial charge on any atom is 0.420 e. The van der Waals surface area contributed by atoms with Gasteiger partial charge in [-0.1, -0.05) is 31.2 Å². The van der Waals surface area contributed by atoms with Crippen LogP contribution in [0, 0.1) is 5.92 Å². The standard InChI is InChI=1S/C19H19F3O2/c1-12-5-8-15(9-6-12)24-16-10-7-13-3-2-4-14(11-23)17(13)18(16)19(20,21)22/h2-4,7,10-12,15H,5-6,8-9H2,1H3/t12-,15+. The van der Waals surface area contributed by atoms with Crippen molar-refractivity contribution < 1.29 is 22.7 Å². The lowest BCUT2D eigenvalue weighted by atomic mass is 9.89.